The average molecular weight is 450 g/mol. The average Bonchev–Trinajstić information content (AvgIpc) is 3.19. The summed E-state index contributed by atoms with van der Waals surface area (Å²) in [7, 11) is 0. The molecule has 0 radical (unpaired) electrons. The number of unbranched alkanes of at least 4 members (excludes halogenated alkanes) is 1. The number of nitrogens with zero attached hydrogens (tertiary/aromatic N) is 4. The molecule has 0 bridgehead atoms. The largest absolute Gasteiger partial charge is 0.490 e. The summed E-state index contributed by atoms with van der Waals surface area (Å²) in [6, 6.07) is 11.3. The van der Waals surface area contributed by atoms with Crippen molar-refractivity contribution >= 4 is 29.2 Å². The van der Waals surface area contributed by atoms with Crippen molar-refractivity contribution in [2.75, 3.05) is 11.9 Å². The van der Waals surface area contributed by atoms with Gasteiger partial charge in [-0.05, 0) is 47.5 Å². The van der Waals surface area contributed by atoms with Crippen molar-refractivity contribution in [3.05, 3.63) is 57.6 Å². The van der Waals surface area contributed by atoms with Crippen molar-refractivity contribution < 1.29 is 9.47 Å². The van der Waals surface area contributed by atoms with Crippen LogP contribution in [0.5, 0.6) is 11.5 Å². The molecule has 3 rings (SSSR count). The maximum Gasteiger partial charge on any atom is 0.243 e. The molecule has 3 aromatic rings. The lowest BCUT2D eigenvalue weighted by Gasteiger charge is -2.16. The van der Waals surface area contributed by atoms with Crippen LogP contribution in [0.2, 0.25) is 10.0 Å². The number of anilines is 1. The molecule has 2 aromatic carbocycles. The highest BCUT2D eigenvalue weighted by molar-refractivity contribution is 6.32. The smallest absolute Gasteiger partial charge is 0.243 e. The van der Waals surface area contributed by atoms with Crippen LogP contribution in [0.15, 0.2) is 36.4 Å². The van der Waals surface area contributed by atoms with Crippen LogP contribution in [0, 0.1) is 0 Å². The maximum atomic E-state index is 6.53. The predicted octanol–water partition coefficient (Wildman–Crippen LogP) is 5.37. The van der Waals surface area contributed by atoms with Crippen LogP contribution < -0.4 is 14.8 Å². The minimum Gasteiger partial charge on any atom is -0.490 e. The van der Waals surface area contributed by atoms with E-state index in [1.165, 1.54) is 0 Å². The third-order valence-electron chi connectivity index (χ3n) is 4.40. The summed E-state index contributed by atoms with van der Waals surface area (Å²) >= 11 is 12.7. The van der Waals surface area contributed by atoms with Crippen LogP contribution in [0.3, 0.4) is 0 Å². The number of hydrogen-bond donors (Lipinski definition) is 1. The molecule has 0 aliphatic heterocycles. The maximum absolute atomic E-state index is 6.53. The lowest BCUT2D eigenvalue weighted by molar-refractivity contribution is 0.269. The van der Waals surface area contributed by atoms with E-state index in [0.29, 0.717) is 47.3 Å². The highest BCUT2D eigenvalue weighted by atomic mass is 35.5. The van der Waals surface area contributed by atoms with Crippen LogP contribution in [0.25, 0.3) is 0 Å². The Labute approximate surface area is 186 Å². The molecule has 0 spiro atoms. The second kappa shape index (κ2) is 11.0. The molecule has 1 heterocycles. The van der Waals surface area contributed by atoms with Gasteiger partial charge >= 0.3 is 0 Å². The van der Waals surface area contributed by atoms with E-state index in [4.69, 9.17) is 32.7 Å². The first-order valence-corrected chi connectivity index (χ1v) is 10.7. The Morgan fingerprint density at radius 3 is 2.67 bits per heavy atom. The van der Waals surface area contributed by atoms with Crippen LogP contribution in [0.4, 0.5) is 5.95 Å². The number of ether oxygens (including phenoxy) is 2. The predicted molar refractivity (Wildman–Crippen MR) is 118 cm³/mol. The summed E-state index contributed by atoms with van der Waals surface area (Å²) in [6.45, 7) is 6.10. The molecule has 0 saturated heterocycles. The second-order valence-corrected chi connectivity index (χ2v) is 7.47. The zero-order valence-corrected chi connectivity index (χ0v) is 18.6. The quantitative estimate of drug-likeness (QED) is 0.424. The number of tetrazole rings is 1. The van der Waals surface area contributed by atoms with Crippen molar-refractivity contribution in [3.8, 4) is 11.5 Å². The molecule has 1 aromatic heterocycles. The van der Waals surface area contributed by atoms with Gasteiger partial charge in [0.2, 0.25) is 5.95 Å². The van der Waals surface area contributed by atoms with Crippen LogP contribution in [-0.4, -0.2) is 26.8 Å². The number of nitrogens with one attached hydrogen (secondary N) is 1. The number of rotatable bonds is 11. The first kappa shape index (κ1) is 22.2. The lowest BCUT2D eigenvalue weighted by atomic mass is 10.2. The molecule has 7 nitrogen and oxygen atoms in total. The fraction of sp³-hybridized carbons (Fsp3) is 0.381. The van der Waals surface area contributed by atoms with E-state index in [2.05, 4.69) is 27.8 Å². The molecule has 160 valence electrons. The molecule has 0 amide bonds. The van der Waals surface area contributed by atoms with Gasteiger partial charge < -0.3 is 14.8 Å². The molecular formula is C21H25Cl2N5O2. The van der Waals surface area contributed by atoms with Gasteiger partial charge in [-0.3, -0.25) is 0 Å². The second-order valence-electron chi connectivity index (χ2n) is 6.65. The van der Waals surface area contributed by atoms with E-state index < -0.39 is 0 Å². The monoisotopic (exact) mass is 449 g/mol. The minimum absolute atomic E-state index is 0.295. The first-order valence-electron chi connectivity index (χ1n) is 9.93. The zero-order valence-electron chi connectivity index (χ0n) is 17.1. The molecule has 0 saturated carbocycles. The third-order valence-corrected chi connectivity index (χ3v) is 5.05. The van der Waals surface area contributed by atoms with Gasteiger partial charge in [-0.1, -0.05) is 59.8 Å². The Kier molecular flexibility index (Phi) is 8.16. The van der Waals surface area contributed by atoms with Gasteiger partial charge in [-0.2, -0.15) is 0 Å². The van der Waals surface area contributed by atoms with E-state index in [-0.39, 0.29) is 0 Å². The van der Waals surface area contributed by atoms with Gasteiger partial charge in [0, 0.05) is 23.7 Å². The summed E-state index contributed by atoms with van der Waals surface area (Å²) in [4.78, 5) is 0. The van der Waals surface area contributed by atoms with Crippen LogP contribution in [0.1, 0.15) is 37.8 Å². The Bertz CT molecular complexity index is 964. The Morgan fingerprint density at radius 2 is 1.90 bits per heavy atom. The summed E-state index contributed by atoms with van der Waals surface area (Å²) < 4.78 is 13.5. The SMILES string of the molecule is CCCCn1nnnc1NCc1cc(Cl)c(OCc2ccccc2Cl)c(OCC)c1. The Hall–Kier alpha value is -2.51. The van der Waals surface area contributed by atoms with E-state index in [1.54, 1.807) is 4.68 Å². The van der Waals surface area contributed by atoms with Crippen molar-refractivity contribution in [2.24, 2.45) is 0 Å². The fourth-order valence-electron chi connectivity index (χ4n) is 2.86. The van der Waals surface area contributed by atoms with Gasteiger partial charge in [0.05, 0.1) is 11.6 Å². The molecule has 0 fully saturated rings. The van der Waals surface area contributed by atoms with E-state index in [1.807, 2.05) is 43.3 Å². The number of halogens is 2. The van der Waals surface area contributed by atoms with Crippen molar-refractivity contribution in [2.45, 2.75) is 46.4 Å². The van der Waals surface area contributed by atoms with Crippen molar-refractivity contribution in [1.82, 2.24) is 20.2 Å². The molecule has 0 aliphatic carbocycles. The minimum atomic E-state index is 0.295. The molecular weight excluding hydrogens is 425 g/mol. The zero-order chi connectivity index (χ0) is 21.3. The topological polar surface area (TPSA) is 74.1 Å². The summed E-state index contributed by atoms with van der Waals surface area (Å²) in [5, 5.41) is 16.2. The summed E-state index contributed by atoms with van der Waals surface area (Å²) in [6.07, 6.45) is 2.08. The van der Waals surface area contributed by atoms with Crippen LogP contribution in [-0.2, 0) is 19.7 Å². The van der Waals surface area contributed by atoms with Crippen molar-refractivity contribution in [3.63, 3.8) is 0 Å². The van der Waals surface area contributed by atoms with Gasteiger partial charge in [-0.25, -0.2) is 4.68 Å². The van der Waals surface area contributed by atoms with Gasteiger partial charge in [0.15, 0.2) is 11.5 Å². The number of aromatic nitrogens is 4. The Morgan fingerprint density at radius 1 is 1.07 bits per heavy atom. The fourth-order valence-corrected chi connectivity index (χ4v) is 3.34. The number of benzene rings is 2. The van der Waals surface area contributed by atoms with Gasteiger partial charge in [-0.15, -0.1) is 0 Å². The number of hydrogen-bond acceptors (Lipinski definition) is 6. The molecule has 30 heavy (non-hydrogen) atoms. The molecule has 1 N–H and O–H groups in total. The van der Waals surface area contributed by atoms with Gasteiger partial charge in [0.25, 0.3) is 0 Å². The molecule has 0 unspecified atom stereocenters. The third kappa shape index (κ3) is 5.77. The first-order chi connectivity index (χ1) is 14.6. The standard InChI is InChI=1S/C21H25Cl2N5O2/c1-3-5-10-28-21(25-26-27-28)24-13-15-11-18(23)20(19(12-15)29-4-2)30-14-16-8-6-7-9-17(16)22/h6-9,11-12H,3-5,10,13-14H2,1-2H3,(H,24,25,27). The van der Waals surface area contributed by atoms with E-state index in [9.17, 15) is 0 Å². The summed E-state index contributed by atoms with van der Waals surface area (Å²) in [5.74, 6) is 1.70. The number of aryl methyl sites for hydroxylation is 1. The van der Waals surface area contributed by atoms with Crippen LogP contribution >= 0.6 is 23.2 Å². The Balaban J connectivity index is 1.72. The van der Waals surface area contributed by atoms with Crippen molar-refractivity contribution in [1.29, 1.82) is 0 Å². The molecule has 0 aliphatic rings. The van der Waals surface area contributed by atoms with E-state index in [0.717, 1.165) is 30.5 Å². The summed E-state index contributed by atoms with van der Waals surface area (Å²) in [5.41, 5.74) is 1.81. The normalized spacial score (nSPS) is 10.8. The van der Waals surface area contributed by atoms with Gasteiger partial charge in [0.1, 0.15) is 6.61 Å². The van der Waals surface area contributed by atoms with E-state index >= 15 is 0 Å². The highest BCUT2D eigenvalue weighted by Gasteiger charge is 2.14. The molecule has 0 atom stereocenters. The molecule has 9 heteroatoms. The highest BCUT2D eigenvalue weighted by Crippen LogP contribution is 2.37. The lowest BCUT2D eigenvalue weighted by Crippen LogP contribution is -2.09.